The summed E-state index contributed by atoms with van der Waals surface area (Å²) in [5.74, 6) is 0.428. The van der Waals surface area contributed by atoms with E-state index < -0.39 is 9.05 Å². The molecule has 92 valence electrons. The number of fused-ring (bicyclic) bond motifs is 3. The van der Waals surface area contributed by atoms with Gasteiger partial charge in [-0.15, -0.1) is 0 Å². The van der Waals surface area contributed by atoms with E-state index in [2.05, 4.69) is 12.1 Å². The van der Waals surface area contributed by atoms with Gasteiger partial charge >= 0.3 is 0 Å². The van der Waals surface area contributed by atoms with Gasteiger partial charge in [0.2, 0.25) is 9.05 Å². The summed E-state index contributed by atoms with van der Waals surface area (Å²) >= 11 is 0. The van der Waals surface area contributed by atoms with Crippen molar-refractivity contribution >= 4 is 19.7 Å². The molecule has 2 atom stereocenters. The summed E-state index contributed by atoms with van der Waals surface area (Å²) in [6.45, 7) is 0. The largest absolute Gasteiger partial charge is 0.236 e. The Bertz CT molecular complexity index is 505. The van der Waals surface area contributed by atoms with Crippen LogP contribution in [-0.4, -0.2) is 13.7 Å². The number of hydrogen-bond donors (Lipinski definition) is 0. The molecule has 1 fully saturated rings. The maximum atomic E-state index is 11.7. The van der Waals surface area contributed by atoms with Crippen LogP contribution in [-0.2, 0) is 21.9 Å². The second-order valence-corrected chi connectivity index (χ2v) is 8.00. The summed E-state index contributed by atoms with van der Waals surface area (Å²) in [5.41, 5.74) is 2.62. The molecule has 0 spiro atoms. The van der Waals surface area contributed by atoms with Crippen molar-refractivity contribution in [2.45, 2.75) is 30.9 Å². The van der Waals surface area contributed by atoms with E-state index in [0.717, 1.165) is 25.7 Å². The van der Waals surface area contributed by atoms with E-state index in [1.807, 2.05) is 12.1 Å². The number of halogens is 1. The highest BCUT2D eigenvalue weighted by Gasteiger charge is 2.45. The van der Waals surface area contributed by atoms with Crippen LogP contribution in [0.2, 0.25) is 0 Å². The molecule has 0 amide bonds. The third-order valence-electron chi connectivity index (χ3n) is 4.25. The van der Waals surface area contributed by atoms with E-state index >= 15 is 0 Å². The molecule has 2 unspecified atom stereocenters. The van der Waals surface area contributed by atoms with Crippen LogP contribution in [0, 0.1) is 11.8 Å². The molecule has 0 aliphatic heterocycles. The van der Waals surface area contributed by atoms with Gasteiger partial charge in [0.05, 0.1) is 5.25 Å². The fourth-order valence-electron chi connectivity index (χ4n) is 3.56. The molecule has 3 rings (SSSR count). The van der Waals surface area contributed by atoms with Crippen molar-refractivity contribution in [3.8, 4) is 0 Å². The third kappa shape index (κ3) is 2.00. The summed E-state index contributed by atoms with van der Waals surface area (Å²) in [5, 5.41) is -0.337. The average Bonchev–Trinajstić information content (AvgIpc) is 2.55. The first-order valence-corrected chi connectivity index (χ1v) is 8.43. The molecular formula is C13H15ClO2S. The highest BCUT2D eigenvalue weighted by Crippen LogP contribution is 2.44. The Morgan fingerprint density at radius 2 is 1.47 bits per heavy atom. The fraction of sp³-hybridized carbons (Fsp3) is 0.538. The van der Waals surface area contributed by atoms with Crippen LogP contribution in [0.15, 0.2) is 24.3 Å². The molecule has 0 saturated heterocycles. The highest BCUT2D eigenvalue weighted by atomic mass is 35.7. The van der Waals surface area contributed by atoms with E-state index in [1.165, 1.54) is 11.1 Å². The maximum absolute atomic E-state index is 11.7. The molecule has 2 aliphatic carbocycles. The molecule has 2 aliphatic rings. The van der Waals surface area contributed by atoms with Crippen molar-refractivity contribution in [3.05, 3.63) is 35.4 Å². The molecule has 4 heteroatoms. The van der Waals surface area contributed by atoms with Crippen molar-refractivity contribution in [3.63, 3.8) is 0 Å². The maximum Gasteiger partial charge on any atom is 0.236 e. The van der Waals surface area contributed by atoms with Crippen LogP contribution in [0.3, 0.4) is 0 Å². The topological polar surface area (TPSA) is 34.1 Å². The third-order valence-corrected chi connectivity index (χ3v) is 6.28. The van der Waals surface area contributed by atoms with Crippen LogP contribution in [0.1, 0.15) is 24.0 Å². The van der Waals surface area contributed by atoms with Crippen molar-refractivity contribution in [2.24, 2.45) is 11.8 Å². The summed E-state index contributed by atoms with van der Waals surface area (Å²) < 4.78 is 23.4. The standard InChI is InChI=1S/C13H15ClO2S/c14-17(15,16)13-11-5-6-12(13)8-10-4-2-1-3-9(10)7-11/h1-4,11-13H,5-8H2. The van der Waals surface area contributed by atoms with Crippen molar-refractivity contribution < 1.29 is 8.42 Å². The Morgan fingerprint density at radius 3 is 1.88 bits per heavy atom. The minimum atomic E-state index is -3.43. The Labute approximate surface area is 106 Å². The van der Waals surface area contributed by atoms with Crippen LogP contribution >= 0.6 is 10.7 Å². The van der Waals surface area contributed by atoms with Gasteiger partial charge in [-0.25, -0.2) is 8.42 Å². The molecule has 1 saturated carbocycles. The van der Waals surface area contributed by atoms with Gasteiger partial charge in [-0.2, -0.15) is 0 Å². The number of benzene rings is 1. The van der Waals surface area contributed by atoms with Crippen LogP contribution in [0.4, 0.5) is 0 Å². The predicted molar refractivity (Wildman–Crippen MR) is 68.6 cm³/mol. The van der Waals surface area contributed by atoms with Crippen LogP contribution in [0.5, 0.6) is 0 Å². The molecule has 2 bridgehead atoms. The van der Waals surface area contributed by atoms with E-state index in [1.54, 1.807) is 0 Å². The lowest BCUT2D eigenvalue weighted by atomic mass is 9.94. The van der Waals surface area contributed by atoms with Crippen molar-refractivity contribution in [1.29, 1.82) is 0 Å². The first-order valence-electron chi connectivity index (χ1n) is 6.06. The zero-order valence-corrected chi connectivity index (χ0v) is 11.0. The lowest BCUT2D eigenvalue weighted by Gasteiger charge is -2.18. The highest BCUT2D eigenvalue weighted by molar-refractivity contribution is 8.14. The Balaban J connectivity index is 2.03. The van der Waals surface area contributed by atoms with Crippen LogP contribution < -0.4 is 0 Å². The van der Waals surface area contributed by atoms with Gasteiger partial charge in [-0.05, 0) is 48.6 Å². The SMILES string of the molecule is O=S(=O)(Cl)C1C2CCC1Cc1ccccc1C2. The lowest BCUT2D eigenvalue weighted by Crippen LogP contribution is -2.28. The molecule has 17 heavy (non-hydrogen) atoms. The van der Waals surface area contributed by atoms with E-state index in [4.69, 9.17) is 10.7 Å². The Morgan fingerprint density at radius 1 is 1.00 bits per heavy atom. The minimum Gasteiger partial charge on any atom is -0.212 e. The van der Waals surface area contributed by atoms with Gasteiger partial charge in [0, 0.05) is 10.7 Å². The monoisotopic (exact) mass is 270 g/mol. The smallest absolute Gasteiger partial charge is 0.212 e. The van der Waals surface area contributed by atoms with E-state index in [-0.39, 0.29) is 17.1 Å². The van der Waals surface area contributed by atoms with Gasteiger partial charge in [-0.1, -0.05) is 24.3 Å². The molecule has 0 heterocycles. The molecule has 0 aromatic heterocycles. The zero-order chi connectivity index (χ0) is 12.0. The fourth-order valence-corrected chi connectivity index (χ4v) is 5.82. The minimum absolute atomic E-state index is 0.214. The van der Waals surface area contributed by atoms with Crippen molar-refractivity contribution in [1.82, 2.24) is 0 Å². The van der Waals surface area contributed by atoms with Gasteiger partial charge in [0.15, 0.2) is 0 Å². The summed E-state index contributed by atoms with van der Waals surface area (Å²) in [6, 6.07) is 8.30. The lowest BCUT2D eigenvalue weighted by molar-refractivity contribution is 0.489. The molecule has 2 nitrogen and oxygen atoms in total. The molecular weight excluding hydrogens is 256 g/mol. The summed E-state index contributed by atoms with van der Waals surface area (Å²) in [7, 11) is 2.20. The summed E-state index contributed by atoms with van der Waals surface area (Å²) in [4.78, 5) is 0. The summed E-state index contributed by atoms with van der Waals surface area (Å²) in [6.07, 6.45) is 3.72. The number of hydrogen-bond acceptors (Lipinski definition) is 2. The first-order chi connectivity index (χ1) is 8.05. The molecule has 0 radical (unpaired) electrons. The first kappa shape index (κ1) is 11.5. The van der Waals surface area contributed by atoms with Gasteiger partial charge in [-0.3, -0.25) is 0 Å². The van der Waals surface area contributed by atoms with Gasteiger partial charge in [0.25, 0.3) is 0 Å². The Kier molecular flexibility index (Phi) is 2.71. The van der Waals surface area contributed by atoms with Gasteiger partial charge in [0.1, 0.15) is 0 Å². The molecule has 1 aromatic rings. The quantitative estimate of drug-likeness (QED) is 0.736. The second-order valence-electron chi connectivity index (χ2n) is 5.21. The van der Waals surface area contributed by atoms with Crippen LogP contribution in [0.25, 0.3) is 0 Å². The molecule has 0 N–H and O–H groups in total. The zero-order valence-electron chi connectivity index (χ0n) is 9.47. The molecule has 1 aromatic carbocycles. The second kappa shape index (κ2) is 3.99. The predicted octanol–water partition coefficient (Wildman–Crippen LogP) is 2.75. The Hall–Kier alpha value is -0.540. The van der Waals surface area contributed by atoms with Gasteiger partial charge < -0.3 is 0 Å². The van der Waals surface area contributed by atoms with E-state index in [0.29, 0.717) is 0 Å². The average molecular weight is 271 g/mol. The number of rotatable bonds is 1. The van der Waals surface area contributed by atoms with E-state index in [9.17, 15) is 8.42 Å². The normalized spacial score (nSPS) is 31.9. The van der Waals surface area contributed by atoms with Crippen molar-refractivity contribution in [2.75, 3.05) is 0 Å².